The van der Waals surface area contributed by atoms with Crippen molar-refractivity contribution >= 4 is 0 Å². The van der Waals surface area contributed by atoms with E-state index < -0.39 is 0 Å². The normalized spacial score (nSPS) is 17.1. The predicted molar refractivity (Wildman–Crippen MR) is 74.8 cm³/mol. The zero-order valence-corrected chi connectivity index (χ0v) is 12.2. The molecule has 0 saturated carbocycles. The number of unbranched alkanes of at least 4 members (excludes halogenated alkanes) is 1. The van der Waals surface area contributed by atoms with E-state index in [-0.39, 0.29) is 0 Å². The third-order valence-electron chi connectivity index (χ3n) is 3.93. The van der Waals surface area contributed by atoms with Crippen LogP contribution in [0.1, 0.15) is 72.6 Å². The van der Waals surface area contributed by atoms with Gasteiger partial charge in [-0.2, -0.15) is 0 Å². The first-order valence-corrected chi connectivity index (χ1v) is 7.36. The topological polar surface area (TPSA) is 12.0 Å². The summed E-state index contributed by atoms with van der Waals surface area (Å²) in [6, 6.07) is 0.724. The minimum Gasteiger partial charge on any atom is -0.317 e. The number of nitrogens with one attached hydrogen (secondary N) is 1. The average Bonchev–Trinajstić information content (AvgIpc) is 2.30. The van der Waals surface area contributed by atoms with Gasteiger partial charge in [0.2, 0.25) is 0 Å². The van der Waals surface area contributed by atoms with E-state index in [1.807, 2.05) is 0 Å². The van der Waals surface area contributed by atoms with Crippen LogP contribution in [0.3, 0.4) is 0 Å². The molecule has 0 fully saturated rings. The molecule has 1 N–H and O–H groups in total. The molecule has 16 heavy (non-hydrogen) atoms. The Morgan fingerprint density at radius 2 is 1.69 bits per heavy atom. The first-order chi connectivity index (χ1) is 7.69. The fourth-order valence-electron chi connectivity index (χ4n) is 2.63. The maximum atomic E-state index is 3.53. The molecule has 1 nitrogen and oxygen atoms in total. The van der Waals surface area contributed by atoms with E-state index in [9.17, 15) is 0 Å². The van der Waals surface area contributed by atoms with Crippen molar-refractivity contribution in [3.05, 3.63) is 0 Å². The van der Waals surface area contributed by atoms with Crippen LogP contribution in [-0.2, 0) is 0 Å². The highest BCUT2D eigenvalue weighted by atomic mass is 14.9. The van der Waals surface area contributed by atoms with Gasteiger partial charge in [-0.25, -0.2) is 0 Å². The number of rotatable bonds is 10. The van der Waals surface area contributed by atoms with Gasteiger partial charge in [-0.05, 0) is 31.7 Å². The van der Waals surface area contributed by atoms with E-state index in [1.54, 1.807) is 0 Å². The highest BCUT2D eigenvalue weighted by Gasteiger charge is 2.18. The molecule has 3 atom stereocenters. The third kappa shape index (κ3) is 6.52. The Morgan fingerprint density at radius 3 is 2.12 bits per heavy atom. The lowest BCUT2D eigenvalue weighted by atomic mass is 9.85. The molecule has 0 rings (SSSR count). The Balaban J connectivity index is 4.04. The van der Waals surface area contributed by atoms with Crippen molar-refractivity contribution in [2.45, 2.75) is 78.7 Å². The maximum Gasteiger partial charge on any atom is 0.00923 e. The number of hydrogen-bond donors (Lipinski definition) is 1. The van der Waals surface area contributed by atoms with Crippen molar-refractivity contribution < 1.29 is 0 Å². The molecule has 0 aliphatic carbocycles. The van der Waals surface area contributed by atoms with Gasteiger partial charge in [-0.3, -0.25) is 0 Å². The first kappa shape index (κ1) is 16.0. The van der Waals surface area contributed by atoms with Crippen LogP contribution >= 0.6 is 0 Å². The van der Waals surface area contributed by atoms with Gasteiger partial charge in [-0.15, -0.1) is 0 Å². The summed E-state index contributed by atoms with van der Waals surface area (Å²) in [5, 5.41) is 3.53. The minimum absolute atomic E-state index is 0.724. The van der Waals surface area contributed by atoms with Crippen LogP contribution in [0, 0.1) is 11.8 Å². The Hall–Kier alpha value is -0.0400. The first-order valence-electron chi connectivity index (χ1n) is 7.36. The van der Waals surface area contributed by atoms with Crippen LogP contribution in [0.4, 0.5) is 0 Å². The lowest BCUT2D eigenvalue weighted by Crippen LogP contribution is -2.34. The van der Waals surface area contributed by atoms with Gasteiger partial charge in [0.25, 0.3) is 0 Å². The summed E-state index contributed by atoms with van der Waals surface area (Å²) >= 11 is 0. The van der Waals surface area contributed by atoms with Gasteiger partial charge in [0, 0.05) is 6.04 Å². The summed E-state index contributed by atoms with van der Waals surface area (Å²) in [6.45, 7) is 9.33. The molecular weight excluding hydrogens is 194 g/mol. The standard InChI is InChI=1S/C15H33N/c1-6-9-11-14(8-3)12-15(16-5)13(4)10-7-2/h13-16H,6-12H2,1-5H3. The van der Waals surface area contributed by atoms with Crippen LogP contribution in [0.2, 0.25) is 0 Å². The zero-order valence-electron chi connectivity index (χ0n) is 12.2. The van der Waals surface area contributed by atoms with E-state index >= 15 is 0 Å². The van der Waals surface area contributed by atoms with E-state index in [0.29, 0.717) is 0 Å². The van der Waals surface area contributed by atoms with E-state index in [2.05, 4.69) is 40.1 Å². The van der Waals surface area contributed by atoms with Crippen LogP contribution in [0.25, 0.3) is 0 Å². The van der Waals surface area contributed by atoms with Gasteiger partial charge in [0.05, 0.1) is 0 Å². The van der Waals surface area contributed by atoms with Crippen LogP contribution < -0.4 is 5.32 Å². The van der Waals surface area contributed by atoms with Gasteiger partial charge in [-0.1, -0.05) is 59.8 Å². The molecule has 3 unspecified atom stereocenters. The van der Waals surface area contributed by atoms with Crippen molar-refractivity contribution in [2.24, 2.45) is 11.8 Å². The molecule has 0 aliphatic rings. The smallest absolute Gasteiger partial charge is 0.00923 e. The summed E-state index contributed by atoms with van der Waals surface area (Å²) < 4.78 is 0. The van der Waals surface area contributed by atoms with Crippen molar-refractivity contribution in [1.82, 2.24) is 5.32 Å². The maximum absolute atomic E-state index is 3.53. The molecule has 0 radical (unpaired) electrons. The Kier molecular flexibility index (Phi) is 10.1. The second-order valence-electron chi connectivity index (χ2n) is 5.31. The zero-order chi connectivity index (χ0) is 12.4. The van der Waals surface area contributed by atoms with Gasteiger partial charge in [0.15, 0.2) is 0 Å². The summed E-state index contributed by atoms with van der Waals surface area (Å²) in [7, 11) is 2.13. The van der Waals surface area contributed by atoms with Gasteiger partial charge < -0.3 is 5.32 Å². The predicted octanol–water partition coefficient (Wildman–Crippen LogP) is 4.62. The van der Waals surface area contributed by atoms with E-state index in [4.69, 9.17) is 0 Å². The quantitative estimate of drug-likeness (QED) is 0.574. The van der Waals surface area contributed by atoms with Crippen LogP contribution in [0.5, 0.6) is 0 Å². The molecule has 0 bridgehead atoms. The molecule has 0 aromatic rings. The molecule has 0 amide bonds. The van der Waals surface area contributed by atoms with Crippen molar-refractivity contribution in [3.63, 3.8) is 0 Å². The summed E-state index contributed by atoms with van der Waals surface area (Å²) in [6.07, 6.45) is 9.54. The molecule has 1 heteroatoms. The second kappa shape index (κ2) is 10.1. The van der Waals surface area contributed by atoms with Crippen LogP contribution in [0.15, 0.2) is 0 Å². The number of hydrogen-bond acceptors (Lipinski definition) is 1. The summed E-state index contributed by atoms with van der Waals surface area (Å²) in [5.41, 5.74) is 0. The molecule has 0 saturated heterocycles. The fraction of sp³-hybridized carbons (Fsp3) is 1.00. The second-order valence-corrected chi connectivity index (χ2v) is 5.31. The molecule has 0 aromatic heterocycles. The lowest BCUT2D eigenvalue weighted by Gasteiger charge is -2.27. The van der Waals surface area contributed by atoms with Crippen molar-refractivity contribution in [3.8, 4) is 0 Å². The van der Waals surface area contributed by atoms with Crippen molar-refractivity contribution in [1.29, 1.82) is 0 Å². The Bertz CT molecular complexity index is 144. The fourth-order valence-corrected chi connectivity index (χ4v) is 2.63. The molecule has 0 aromatic carbocycles. The van der Waals surface area contributed by atoms with E-state index in [0.717, 1.165) is 17.9 Å². The largest absolute Gasteiger partial charge is 0.317 e. The highest BCUT2D eigenvalue weighted by molar-refractivity contribution is 4.75. The molecule has 0 spiro atoms. The van der Waals surface area contributed by atoms with Gasteiger partial charge >= 0.3 is 0 Å². The summed E-state index contributed by atoms with van der Waals surface area (Å²) in [4.78, 5) is 0. The monoisotopic (exact) mass is 227 g/mol. The average molecular weight is 227 g/mol. The Labute approximate surface area is 103 Å². The summed E-state index contributed by atoms with van der Waals surface area (Å²) in [5.74, 6) is 1.75. The minimum atomic E-state index is 0.724. The van der Waals surface area contributed by atoms with Gasteiger partial charge in [0.1, 0.15) is 0 Å². The molecule has 0 heterocycles. The third-order valence-corrected chi connectivity index (χ3v) is 3.93. The molecule has 98 valence electrons. The SMILES string of the molecule is CCCCC(CC)CC(NC)C(C)CCC. The van der Waals surface area contributed by atoms with E-state index in [1.165, 1.54) is 44.9 Å². The van der Waals surface area contributed by atoms with Crippen LogP contribution in [-0.4, -0.2) is 13.1 Å². The van der Waals surface area contributed by atoms with Crippen molar-refractivity contribution in [2.75, 3.05) is 7.05 Å². The highest BCUT2D eigenvalue weighted by Crippen LogP contribution is 2.23. The lowest BCUT2D eigenvalue weighted by molar-refractivity contribution is 0.288. The molecular formula is C15H33N. The Morgan fingerprint density at radius 1 is 1.00 bits per heavy atom. The molecule has 0 aliphatic heterocycles.